The molecule has 0 amide bonds. The van der Waals surface area contributed by atoms with Gasteiger partial charge in [-0.1, -0.05) is 0 Å². The van der Waals surface area contributed by atoms with Crippen molar-refractivity contribution in [2.75, 3.05) is 5.73 Å². The Morgan fingerprint density at radius 3 is 2.75 bits per heavy atom. The highest BCUT2D eigenvalue weighted by Gasteiger charge is 2.12. The smallest absolute Gasteiger partial charge is 0.167 e. The van der Waals surface area contributed by atoms with Crippen LogP contribution in [0.5, 0.6) is 11.5 Å². The number of ether oxygens (including phenoxy) is 1. The van der Waals surface area contributed by atoms with E-state index < -0.39 is 5.82 Å². The number of nitrogens with one attached hydrogen (secondary N) is 1. The molecule has 0 aliphatic heterocycles. The van der Waals surface area contributed by atoms with E-state index in [-0.39, 0.29) is 5.75 Å². The molecule has 0 radical (unpaired) electrons. The lowest BCUT2D eigenvalue weighted by molar-refractivity contribution is 0.446. The molecule has 0 saturated carbocycles. The summed E-state index contributed by atoms with van der Waals surface area (Å²) < 4.78 is 19.7. The number of nitrogens with two attached hydrogens (primary N) is 1. The lowest BCUT2D eigenvalue weighted by Crippen LogP contribution is -1.92. The Labute approximate surface area is 136 Å². The van der Waals surface area contributed by atoms with Gasteiger partial charge in [0.1, 0.15) is 11.4 Å². The predicted octanol–water partition coefficient (Wildman–Crippen LogP) is 4.14. The number of rotatable bonds is 3. The highest BCUT2D eigenvalue weighted by Crippen LogP contribution is 2.33. The van der Waals surface area contributed by atoms with Crippen LogP contribution in [-0.2, 0) is 0 Å². The summed E-state index contributed by atoms with van der Waals surface area (Å²) >= 11 is 0. The van der Waals surface area contributed by atoms with Crippen LogP contribution in [0, 0.1) is 5.82 Å². The van der Waals surface area contributed by atoms with Crippen LogP contribution in [-0.4, -0.2) is 15.0 Å². The van der Waals surface area contributed by atoms with Crippen LogP contribution in [0.15, 0.2) is 61.1 Å². The second kappa shape index (κ2) is 5.66. The molecule has 0 aliphatic carbocycles. The number of nitrogen functional groups attached to an aromatic ring is 1. The van der Waals surface area contributed by atoms with E-state index in [0.29, 0.717) is 17.1 Å². The normalized spacial score (nSPS) is 10.9. The van der Waals surface area contributed by atoms with Crippen LogP contribution < -0.4 is 10.5 Å². The maximum Gasteiger partial charge on any atom is 0.167 e. The number of halogens is 1. The van der Waals surface area contributed by atoms with Gasteiger partial charge in [-0.05, 0) is 36.4 Å². The highest BCUT2D eigenvalue weighted by molar-refractivity contribution is 5.88. The fraction of sp³-hybridized carbons (Fsp3) is 0. The van der Waals surface area contributed by atoms with Gasteiger partial charge in [-0.3, -0.25) is 4.98 Å². The molecule has 0 atom stereocenters. The van der Waals surface area contributed by atoms with E-state index in [1.807, 2.05) is 18.2 Å². The van der Waals surface area contributed by atoms with Gasteiger partial charge >= 0.3 is 0 Å². The molecular formula is C18H13FN4O. The standard InChI is InChI=1S/C18H13FN4O/c19-14-8-12(20)3-4-17(14)24-16-5-7-22-18-13(16)9-15(23-18)11-2-1-6-21-10-11/h1-10H,20H2,(H,22,23). The van der Waals surface area contributed by atoms with Gasteiger partial charge in [0.05, 0.1) is 5.39 Å². The first-order chi connectivity index (χ1) is 11.7. The van der Waals surface area contributed by atoms with Crippen LogP contribution >= 0.6 is 0 Å². The third-order valence-corrected chi connectivity index (χ3v) is 3.64. The van der Waals surface area contributed by atoms with E-state index in [9.17, 15) is 4.39 Å². The summed E-state index contributed by atoms with van der Waals surface area (Å²) in [5.41, 5.74) is 8.36. The second-order valence-electron chi connectivity index (χ2n) is 5.29. The number of benzene rings is 1. The van der Waals surface area contributed by atoms with Crippen molar-refractivity contribution in [3.63, 3.8) is 0 Å². The molecule has 118 valence electrons. The number of aromatic amines is 1. The summed E-state index contributed by atoms with van der Waals surface area (Å²) in [6.07, 6.45) is 5.07. The molecule has 0 bridgehead atoms. The molecule has 1 aromatic carbocycles. The van der Waals surface area contributed by atoms with Crippen molar-refractivity contribution in [2.24, 2.45) is 0 Å². The Kier molecular flexibility index (Phi) is 3.35. The van der Waals surface area contributed by atoms with Crippen LogP contribution in [0.25, 0.3) is 22.3 Å². The Morgan fingerprint density at radius 2 is 1.96 bits per heavy atom. The number of aromatic nitrogens is 3. The van der Waals surface area contributed by atoms with Crippen LogP contribution in [0.1, 0.15) is 0 Å². The summed E-state index contributed by atoms with van der Waals surface area (Å²) in [4.78, 5) is 11.6. The minimum Gasteiger partial charge on any atom is -0.453 e. The molecule has 3 aromatic heterocycles. The quantitative estimate of drug-likeness (QED) is 0.556. The average Bonchev–Trinajstić information content (AvgIpc) is 3.03. The first kappa shape index (κ1) is 14.2. The van der Waals surface area contributed by atoms with E-state index in [1.165, 1.54) is 12.1 Å². The number of pyridine rings is 2. The van der Waals surface area contributed by atoms with E-state index in [4.69, 9.17) is 10.5 Å². The van der Waals surface area contributed by atoms with E-state index >= 15 is 0 Å². The summed E-state index contributed by atoms with van der Waals surface area (Å²) in [7, 11) is 0. The molecule has 0 spiro atoms. The maximum absolute atomic E-state index is 14.0. The molecule has 0 aliphatic rings. The third kappa shape index (κ3) is 2.54. The van der Waals surface area contributed by atoms with E-state index in [2.05, 4.69) is 15.0 Å². The average molecular weight is 320 g/mol. The SMILES string of the molecule is Nc1ccc(Oc2ccnc3[nH]c(-c4cccnc4)cc23)c(F)c1. The lowest BCUT2D eigenvalue weighted by Gasteiger charge is -2.07. The summed E-state index contributed by atoms with van der Waals surface area (Å²) in [6, 6.07) is 11.7. The molecule has 0 saturated heterocycles. The van der Waals surface area contributed by atoms with Gasteiger partial charge in [0.15, 0.2) is 11.6 Å². The van der Waals surface area contributed by atoms with Crippen LogP contribution in [0.3, 0.4) is 0 Å². The number of hydrogen-bond donors (Lipinski definition) is 2. The van der Waals surface area contributed by atoms with Gasteiger partial charge in [-0.25, -0.2) is 9.37 Å². The lowest BCUT2D eigenvalue weighted by atomic mass is 10.2. The van der Waals surface area contributed by atoms with Gasteiger partial charge in [-0.2, -0.15) is 0 Å². The molecule has 24 heavy (non-hydrogen) atoms. The first-order valence-corrected chi connectivity index (χ1v) is 7.32. The molecule has 6 heteroatoms. The minimum absolute atomic E-state index is 0.112. The predicted molar refractivity (Wildman–Crippen MR) is 90.2 cm³/mol. The van der Waals surface area contributed by atoms with Gasteiger partial charge in [-0.15, -0.1) is 0 Å². The summed E-state index contributed by atoms with van der Waals surface area (Å²) in [5.74, 6) is 0.110. The van der Waals surface area contributed by atoms with Crippen molar-refractivity contribution in [3.05, 3.63) is 66.9 Å². The number of hydrogen-bond acceptors (Lipinski definition) is 4. The number of fused-ring (bicyclic) bond motifs is 1. The van der Waals surface area contributed by atoms with Crippen molar-refractivity contribution >= 4 is 16.7 Å². The van der Waals surface area contributed by atoms with Gasteiger partial charge in [0, 0.05) is 41.6 Å². The first-order valence-electron chi connectivity index (χ1n) is 7.32. The fourth-order valence-corrected chi connectivity index (χ4v) is 2.49. The van der Waals surface area contributed by atoms with Gasteiger partial charge in [0.25, 0.3) is 0 Å². The van der Waals surface area contributed by atoms with Crippen molar-refractivity contribution in [1.29, 1.82) is 0 Å². The van der Waals surface area contributed by atoms with Gasteiger partial charge < -0.3 is 15.5 Å². The molecule has 4 rings (SSSR count). The molecule has 3 N–H and O–H groups in total. The Bertz CT molecular complexity index is 1010. The van der Waals surface area contributed by atoms with E-state index in [1.54, 1.807) is 30.7 Å². The molecule has 3 heterocycles. The minimum atomic E-state index is -0.511. The zero-order chi connectivity index (χ0) is 16.5. The Hall–Kier alpha value is -3.41. The summed E-state index contributed by atoms with van der Waals surface area (Å²) in [6.45, 7) is 0. The van der Waals surface area contributed by atoms with Crippen molar-refractivity contribution in [2.45, 2.75) is 0 Å². The number of H-pyrrole nitrogens is 1. The van der Waals surface area contributed by atoms with Crippen molar-refractivity contribution < 1.29 is 9.13 Å². The third-order valence-electron chi connectivity index (χ3n) is 3.64. The van der Waals surface area contributed by atoms with Crippen molar-refractivity contribution in [3.8, 4) is 22.8 Å². The molecule has 0 fully saturated rings. The van der Waals surface area contributed by atoms with Crippen molar-refractivity contribution in [1.82, 2.24) is 15.0 Å². The number of anilines is 1. The largest absolute Gasteiger partial charge is 0.453 e. The zero-order valence-corrected chi connectivity index (χ0v) is 12.5. The molecule has 0 unspecified atom stereocenters. The topological polar surface area (TPSA) is 76.8 Å². The van der Waals surface area contributed by atoms with Crippen LogP contribution in [0.4, 0.5) is 10.1 Å². The van der Waals surface area contributed by atoms with Gasteiger partial charge in [0.2, 0.25) is 0 Å². The van der Waals surface area contributed by atoms with Crippen LogP contribution in [0.2, 0.25) is 0 Å². The molecule has 5 nitrogen and oxygen atoms in total. The molecular weight excluding hydrogens is 307 g/mol. The maximum atomic E-state index is 14.0. The summed E-state index contributed by atoms with van der Waals surface area (Å²) in [5, 5.41) is 0.757. The Balaban J connectivity index is 1.77. The second-order valence-corrected chi connectivity index (χ2v) is 5.29. The molecule has 4 aromatic rings. The van der Waals surface area contributed by atoms with E-state index in [0.717, 1.165) is 16.6 Å². The fourth-order valence-electron chi connectivity index (χ4n) is 2.49. The number of nitrogens with zero attached hydrogens (tertiary/aromatic N) is 2. The Morgan fingerprint density at radius 1 is 1.04 bits per heavy atom. The monoisotopic (exact) mass is 320 g/mol. The highest BCUT2D eigenvalue weighted by atomic mass is 19.1. The zero-order valence-electron chi connectivity index (χ0n) is 12.5.